The summed E-state index contributed by atoms with van der Waals surface area (Å²) in [6.45, 7) is 0. The predicted molar refractivity (Wildman–Crippen MR) is 194 cm³/mol. The second kappa shape index (κ2) is 18.5. The molecule has 239 valence electrons. The third-order valence-corrected chi connectivity index (χ3v) is 7.32. The molecule has 0 N–H and O–H groups in total. The van der Waals surface area contributed by atoms with Crippen LogP contribution in [0.5, 0.6) is 0 Å². The molecule has 3 aromatic heterocycles. The molecule has 0 amide bonds. The second-order valence-electron chi connectivity index (χ2n) is 10.6. The zero-order chi connectivity index (χ0) is 32.6. The van der Waals surface area contributed by atoms with Crippen LogP contribution in [0.4, 0.5) is 0 Å². The standard InChI is InChI=1S/2C17H12N.C11H8N.Ir/c1-3-8-15(9-4-1)16-10-7-11-17(14-16)18-12-5-2-6-13-18;1-2-6-14(7-3-1)15-9-11-16(12-10-15)17-8-4-5-13-18-17;1-2-6-10(7-3-1)11-8-4-5-9-12-11;/h1-10,12,14H;1-11,13H;1-6,8-9H;/q3*-1;. The number of hydrogen-bond donors (Lipinski definition) is 0. The summed E-state index contributed by atoms with van der Waals surface area (Å²) in [5.74, 6) is 0. The predicted octanol–water partition coefficient (Wildman–Crippen LogP) is 9.99. The first-order valence-electron chi connectivity index (χ1n) is 15.7. The van der Waals surface area contributed by atoms with Crippen LogP contribution in [0, 0.1) is 24.4 Å². The molecule has 0 saturated heterocycles. The van der Waals surface area contributed by atoms with Crippen molar-refractivity contribution in [2.45, 2.75) is 0 Å². The van der Waals surface area contributed by atoms with E-state index >= 15 is 0 Å². The molecular weight excluding hydrogens is 775 g/mol. The maximum Gasteiger partial charge on any atom is 0.150 e. The van der Waals surface area contributed by atoms with Gasteiger partial charge in [-0.2, -0.15) is 18.2 Å². The Labute approximate surface area is 302 Å². The fourth-order valence-corrected chi connectivity index (χ4v) is 4.90. The molecule has 1 radical (unpaired) electrons. The van der Waals surface area contributed by atoms with Crippen molar-refractivity contribution in [1.82, 2.24) is 9.97 Å². The van der Waals surface area contributed by atoms with Crippen LogP contribution >= 0.6 is 0 Å². The largest absolute Gasteiger partial charge is 0.307 e. The van der Waals surface area contributed by atoms with E-state index in [1.165, 1.54) is 22.3 Å². The molecule has 0 aliphatic heterocycles. The third kappa shape index (κ3) is 10.1. The molecule has 0 bridgehead atoms. The molecule has 0 saturated carbocycles. The average Bonchev–Trinajstić information content (AvgIpc) is 3.20. The van der Waals surface area contributed by atoms with Crippen molar-refractivity contribution in [2.75, 3.05) is 0 Å². The summed E-state index contributed by atoms with van der Waals surface area (Å²) in [6.07, 6.45) is 8.71. The van der Waals surface area contributed by atoms with Crippen molar-refractivity contribution in [2.24, 2.45) is 0 Å². The van der Waals surface area contributed by atoms with E-state index in [0.29, 0.717) is 0 Å². The first-order valence-corrected chi connectivity index (χ1v) is 15.7. The van der Waals surface area contributed by atoms with E-state index in [9.17, 15) is 0 Å². The minimum absolute atomic E-state index is 0. The molecule has 5 aromatic carbocycles. The van der Waals surface area contributed by atoms with E-state index in [0.717, 1.165) is 28.2 Å². The normalized spacial score (nSPS) is 9.88. The Balaban J connectivity index is 0.000000145. The first-order chi connectivity index (χ1) is 23.8. The molecule has 3 heterocycles. The van der Waals surface area contributed by atoms with E-state index in [1.54, 1.807) is 12.4 Å². The van der Waals surface area contributed by atoms with Gasteiger partial charge in [-0.25, -0.2) is 0 Å². The summed E-state index contributed by atoms with van der Waals surface area (Å²) < 4.78 is 1.94. The molecule has 4 heteroatoms. The number of hydrogen-bond acceptors (Lipinski definition) is 2. The number of aromatic nitrogens is 3. The molecule has 3 nitrogen and oxygen atoms in total. The van der Waals surface area contributed by atoms with E-state index in [-0.39, 0.29) is 20.1 Å². The van der Waals surface area contributed by atoms with Gasteiger partial charge in [-0.3, -0.25) is 0 Å². The van der Waals surface area contributed by atoms with Gasteiger partial charge in [-0.1, -0.05) is 108 Å². The van der Waals surface area contributed by atoms with Crippen LogP contribution in [0.25, 0.3) is 50.5 Å². The van der Waals surface area contributed by atoms with Crippen molar-refractivity contribution in [3.8, 4) is 50.5 Å². The molecule has 0 aliphatic carbocycles. The Kier molecular flexibility index (Phi) is 13.0. The van der Waals surface area contributed by atoms with Gasteiger partial charge < -0.3 is 14.5 Å². The average molecular weight is 807 g/mol. The summed E-state index contributed by atoms with van der Waals surface area (Å²) in [4.78, 5) is 8.54. The van der Waals surface area contributed by atoms with Crippen molar-refractivity contribution in [1.29, 1.82) is 0 Å². The Hall–Kier alpha value is -5.80. The number of nitrogens with zero attached hydrogens (tertiary/aromatic N) is 3. The fourth-order valence-electron chi connectivity index (χ4n) is 4.90. The topological polar surface area (TPSA) is 29.7 Å². The Bertz CT molecular complexity index is 1920. The van der Waals surface area contributed by atoms with Gasteiger partial charge in [0.1, 0.15) is 6.20 Å². The summed E-state index contributed by atoms with van der Waals surface area (Å²) in [5, 5.41) is 0. The number of benzene rings is 5. The van der Waals surface area contributed by atoms with Crippen LogP contribution in [0.15, 0.2) is 195 Å². The van der Waals surface area contributed by atoms with Gasteiger partial charge in [-0.15, -0.1) is 83.4 Å². The molecule has 0 atom stereocenters. The zero-order valence-corrected chi connectivity index (χ0v) is 29.0. The van der Waals surface area contributed by atoms with E-state index in [1.807, 2.05) is 138 Å². The second-order valence-corrected chi connectivity index (χ2v) is 10.6. The summed E-state index contributed by atoms with van der Waals surface area (Å²) in [7, 11) is 0. The van der Waals surface area contributed by atoms with Crippen LogP contribution in [0.3, 0.4) is 0 Å². The van der Waals surface area contributed by atoms with E-state index in [4.69, 9.17) is 0 Å². The van der Waals surface area contributed by atoms with Crippen molar-refractivity contribution in [3.05, 3.63) is 219 Å². The molecule has 0 fully saturated rings. The third-order valence-electron chi connectivity index (χ3n) is 7.32. The maximum absolute atomic E-state index is 4.32. The maximum atomic E-state index is 4.32. The monoisotopic (exact) mass is 807 g/mol. The zero-order valence-electron chi connectivity index (χ0n) is 26.7. The Morgan fingerprint density at radius 1 is 0.429 bits per heavy atom. The molecular formula is C45H32IrN3-3. The van der Waals surface area contributed by atoms with Gasteiger partial charge in [0.2, 0.25) is 0 Å². The molecule has 0 unspecified atom stereocenters. The van der Waals surface area contributed by atoms with Crippen LogP contribution in [0.2, 0.25) is 0 Å². The molecule has 0 aliphatic rings. The SMILES string of the molecule is [Ir].[c-]1cc(-c2ccccc2)ccc1-c1ccccn1.[c-]1ccc(-c2ccccc2)cc1-[n+]1[c-]cccc1.[c-]1ccccc1-c1ccccn1. The smallest absolute Gasteiger partial charge is 0.150 e. The van der Waals surface area contributed by atoms with Crippen molar-refractivity contribution >= 4 is 0 Å². The van der Waals surface area contributed by atoms with Crippen LogP contribution in [-0.2, 0) is 20.1 Å². The summed E-state index contributed by atoms with van der Waals surface area (Å²) >= 11 is 0. The van der Waals surface area contributed by atoms with Crippen LogP contribution in [0.1, 0.15) is 0 Å². The molecule has 0 spiro atoms. The van der Waals surface area contributed by atoms with Gasteiger partial charge in [0.05, 0.1) is 6.20 Å². The van der Waals surface area contributed by atoms with E-state index < -0.39 is 0 Å². The Morgan fingerprint density at radius 3 is 1.59 bits per heavy atom. The quantitative estimate of drug-likeness (QED) is 0.128. The van der Waals surface area contributed by atoms with Crippen LogP contribution in [-0.4, -0.2) is 9.97 Å². The van der Waals surface area contributed by atoms with E-state index in [2.05, 4.69) is 82.9 Å². The summed E-state index contributed by atoms with van der Waals surface area (Å²) in [6, 6.07) is 68.0. The van der Waals surface area contributed by atoms with Gasteiger partial charge >= 0.3 is 0 Å². The van der Waals surface area contributed by atoms with Gasteiger partial charge in [0.15, 0.2) is 0 Å². The number of pyridine rings is 3. The summed E-state index contributed by atoms with van der Waals surface area (Å²) in [5.41, 5.74) is 9.77. The van der Waals surface area contributed by atoms with Gasteiger partial charge in [0.25, 0.3) is 0 Å². The van der Waals surface area contributed by atoms with Crippen molar-refractivity contribution in [3.63, 3.8) is 0 Å². The number of rotatable bonds is 5. The van der Waals surface area contributed by atoms with Crippen molar-refractivity contribution < 1.29 is 24.7 Å². The first kappa shape index (κ1) is 34.5. The fraction of sp³-hybridized carbons (Fsp3) is 0. The molecule has 8 aromatic rings. The molecule has 8 rings (SSSR count). The van der Waals surface area contributed by atoms with Crippen LogP contribution < -0.4 is 4.57 Å². The van der Waals surface area contributed by atoms with Gasteiger partial charge in [-0.05, 0) is 29.1 Å². The molecule has 49 heavy (non-hydrogen) atoms. The van der Waals surface area contributed by atoms with Gasteiger partial charge in [0, 0.05) is 38.2 Å². The minimum Gasteiger partial charge on any atom is -0.307 e. The minimum atomic E-state index is 0. The Morgan fingerprint density at radius 2 is 1.04 bits per heavy atom.